The summed E-state index contributed by atoms with van der Waals surface area (Å²) < 4.78 is 0. The molecule has 0 heterocycles. The molecule has 0 aliphatic heterocycles. The number of carbonyl (C=O) groups is 1. The topological polar surface area (TPSA) is 52.3 Å². The summed E-state index contributed by atoms with van der Waals surface area (Å²) in [5, 5.41) is 0. The Morgan fingerprint density at radius 3 is 2.43 bits per heavy atom. The maximum Gasteiger partial charge on any atom is 0.324 e. The van der Waals surface area contributed by atoms with Crippen LogP contribution in [0.15, 0.2) is 18.2 Å². The zero-order valence-electron chi connectivity index (χ0n) is 8.54. The first-order valence-electron chi connectivity index (χ1n) is 4.60. The van der Waals surface area contributed by atoms with Crippen molar-refractivity contribution in [3.05, 3.63) is 34.9 Å². The average molecular weight is 193 g/mol. The van der Waals surface area contributed by atoms with Crippen molar-refractivity contribution >= 4 is 5.97 Å². The van der Waals surface area contributed by atoms with E-state index in [-0.39, 0.29) is 5.97 Å². The van der Waals surface area contributed by atoms with Crippen molar-refractivity contribution in [3.63, 3.8) is 0 Å². The summed E-state index contributed by atoms with van der Waals surface area (Å²) >= 11 is 0. The number of benzene rings is 1. The zero-order valence-corrected chi connectivity index (χ0v) is 8.54. The van der Waals surface area contributed by atoms with Crippen LogP contribution in [0.1, 0.15) is 23.1 Å². The maximum absolute atomic E-state index is 10.9. The van der Waals surface area contributed by atoms with Crippen LogP contribution in [-0.2, 0) is 16.1 Å². The van der Waals surface area contributed by atoms with Crippen molar-refractivity contribution in [3.8, 4) is 0 Å². The molecule has 0 bridgehead atoms. The van der Waals surface area contributed by atoms with Gasteiger partial charge in [0.05, 0.1) is 6.42 Å². The molecule has 3 nitrogen and oxygen atoms in total. The Bertz CT molecular complexity index is 314. The molecule has 0 fully saturated rings. The lowest BCUT2D eigenvalue weighted by Crippen LogP contribution is -2.11. The van der Waals surface area contributed by atoms with E-state index in [1.54, 1.807) is 0 Å². The van der Waals surface area contributed by atoms with E-state index in [1.807, 2.05) is 32.0 Å². The standard InChI is InChI=1S/C11H15NO2/c1-8-4-3-5-9(2)10(8)6-7-11(13)14-12/h3-5H,6-7,12H2,1-2H3. The average Bonchev–Trinajstić information content (AvgIpc) is 2.16. The summed E-state index contributed by atoms with van der Waals surface area (Å²) in [4.78, 5) is 15.0. The van der Waals surface area contributed by atoms with Crippen LogP contribution in [0.5, 0.6) is 0 Å². The van der Waals surface area contributed by atoms with Gasteiger partial charge < -0.3 is 4.84 Å². The largest absolute Gasteiger partial charge is 0.373 e. The number of rotatable bonds is 3. The van der Waals surface area contributed by atoms with E-state index < -0.39 is 0 Å². The molecule has 0 unspecified atom stereocenters. The van der Waals surface area contributed by atoms with Gasteiger partial charge in [0.1, 0.15) is 0 Å². The summed E-state index contributed by atoms with van der Waals surface area (Å²) in [6, 6.07) is 6.08. The lowest BCUT2D eigenvalue weighted by Gasteiger charge is -2.07. The molecule has 1 rings (SSSR count). The quantitative estimate of drug-likeness (QED) is 0.743. The van der Waals surface area contributed by atoms with E-state index in [0.29, 0.717) is 12.8 Å². The van der Waals surface area contributed by atoms with Gasteiger partial charge in [-0.3, -0.25) is 4.79 Å². The molecular formula is C11H15NO2. The van der Waals surface area contributed by atoms with E-state index in [4.69, 9.17) is 5.90 Å². The highest BCUT2D eigenvalue weighted by atomic mass is 16.7. The SMILES string of the molecule is Cc1cccc(C)c1CCC(=O)ON. The first kappa shape index (κ1) is 10.7. The summed E-state index contributed by atoms with van der Waals surface area (Å²) in [6.07, 6.45) is 1.02. The van der Waals surface area contributed by atoms with Gasteiger partial charge in [0.2, 0.25) is 0 Å². The van der Waals surface area contributed by atoms with Crippen LogP contribution < -0.4 is 5.90 Å². The summed E-state index contributed by atoms with van der Waals surface area (Å²) in [5.41, 5.74) is 3.61. The lowest BCUT2D eigenvalue weighted by atomic mass is 9.99. The van der Waals surface area contributed by atoms with Crippen LogP contribution in [-0.4, -0.2) is 5.97 Å². The fourth-order valence-corrected chi connectivity index (χ4v) is 1.53. The summed E-state index contributed by atoms with van der Waals surface area (Å²) in [6.45, 7) is 4.08. The normalized spacial score (nSPS) is 9.93. The Kier molecular flexibility index (Phi) is 3.65. The predicted octanol–water partition coefficient (Wildman–Crippen LogP) is 1.65. The molecular weight excluding hydrogens is 178 g/mol. The van der Waals surface area contributed by atoms with Crippen LogP contribution in [0.2, 0.25) is 0 Å². The Morgan fingerprint density at radius 1 is 1.36 bits per heavy atom. The smallest absolute Gasteiger partial charge is 0.324 e. The Hall–Kier alpha value is -1.35. The van der Waals surface area contributed by atoms with Gasteiger partial charge in [0.15, 0.2) is 0 Å². The summed E-state index contributed by atoms with van der Waals surface area (Å²) in [7, 11) is 0. The van der Waals surface area contributed by atoms with E-state index in [0.717, 1.165) is 0 Å². The third-order valence-electron chi connectivity index (χ3n) is 2.36. The zero-order chi connectivity index (χ0) is 10.6. The van der Waals surface area contributed by atoms with Crippen LogP contribution in [0.25, 0.3) is 0 Å². The fraction of sp³-hybridized carbons (Fsp3) is 0.364. The molecule has 1 aromatic rings. The third kappa shape index (κ3) is 2.57. The second kappa shape index (κ2) is 4.77. The van der Waals surface area contributed by atoms with Crippen molar-refractivity contribution in [2.24, 2.45) is 5.90 Å². The molecule has 14 heavy (non-hydrogen) atoms. The molecule has 0 amide bonds. The molecule has 0 saturated carbocycles. The van der Waals surface area contributed by atoms with E-state index in [1.165, 1.54) is 16.7 Å². The number of hydrogen-bond acceptors (Lipinski definition) is 3. The van der Waals surface area contributed by atoms with Gasteiger partial charge in [-0.25, -0.2) is 0 Å². The van der Waals surface area contributed by atoms with Gasteiger partial charge >= 0.3 is 5.97 Å². The van der Waals surface area contributed by atoms with Gasteiger partial charge in [0.25, 0.3) is 0 Å². The van der Waals surface area contributed by atoms with Crippen LogP contribution in [0, 0.1) is 13.8 Å². The number of hydrogen-bond donors (Lipinski definition) is 1. The minimum Gasteiger partial charge on any atom is -0.373 e. The predicted molar refractivity (Wildman–Crippen MR) is 54.5 cm³/mol. The highest BCUT2D eigenvalue weighted by molar-refractivity contribution is 5.69. The monoisotopic (exact) mass is 193 g/mol. The molecule has 0 spiro atoms. The van der Waals surface area contributed by atoms with E-state index in [9.17, 15) is 4.79 Å². The molecule has 0 aromatic heterocycles. The van der Waals surface area contributed by atoms with Gasteiger partial charge in [-0.1, -0.05) is 18.2 Å². The molecule has 0 atom stereocenters. The van der Waals surface area contributed by atoms with Gasteiger partial charge in [-0.2, -0.15) is 5.90 Å². The molecule has 0 saturated heterocycles. The van der Waals surface area contributed by atoms with Crippen molar-refractivity contribution in [1.82, 2.24) is 0 Å². The van der Waals surface area contributed by atoms with Crippen molar-refractivity contribution in [1.29, 1.82) is 0 Å². The second-order valence-corrected chi connectivity index (χ2v) is 3.36. The van der Waals surface area contributed by atoms with Gasteiger partial charge in [-0.05, 0) is 37.0 Å². The Labute approximate surface area is 83.8 Å². The molecule has 0 radical (unpaired) electrons. The highest BCUT2D eigenvalue weighted by Crippen LogP contribution is 2.15. The molecule has 0 aliphatic rings. The highest BCUT2D eigenvalue weighted by Gasteiger charge is 2.06. The van der Waals surface area contributed by atoms with Crippen LogP contribution in [0.3, 0.4) is 0 Å². The first-order valence-corrected chi connectivity index (χ1v) is 4.60. The second-order valence-electron chi connectivity index (χ2n) is 3.36. The Morgan fingerprint density at radius 2 is 1.93 bits per heavy atom. The first-order chi connectivity index (χ1) is 6.65. The maximum atomic E-state index is 10.9. The minimum absolute atomic E-state index is 0.336. The third-order valence-corrected chi connectivity index (χ3v) is 2.36. The molecule has 2 N–H and O–H groups in total. The van der Waals surface area contributed by atoms with Crippen molar-refractivity contribution in [2.45, 2.75) is 26.7 Å². The number of aryl methyl sites for hydroxylation is 2. The Balaban J connectivity index is 2.71. The van der Waals surface area contributed by atoms with Gasteiger partial charge in [0, 0.05) is 0 Å². The minimum atomic E-state index is -0.368. The number of carbonyl (C=O) groups excluding carboxylic acids is 1. The summed E-state index contributed by atoms with van der Waals surface area (Å²) in [5.74, 6) is 4.39. The van der Waals surface area contributed by atoms with Crippen molar-refractivity contribution < 1.29 is 9.63 Å². The van der Waals surface area contributed by atoms with Gasteiger partial charge in [-0.15, -0.1) is 0 Å². The fourth-order valence-electron chi connectivity index (χ4n) is 1.53. The van der Waals surface area contributed by atoms with E-state index in [2.05, 4.69) is 4.84 Å². The van der Waals surface area contributed by atoms with E-state index >= 15 is 0 Å². The lowest BCUT2D eigenvalue weighted by molar-refractivity contribution is -0.144. The molecule has 0 aliphatic carbocycles. The molecule has 3 heteroatoms. The number of nitrogens with two attached hydrogens (primary N) is 1. The van der Waals surface area contributed by atoms with Crippen LogP contribution >= 0.6 is 0 Å². The van der Waals surface area contributed by atoms with Crippen molar-refractivity contribution in [2.75, 3.05) is 0 Å². The van der Waals surface area contributed by atoms with Crippen LogP contribution in [0.4, 0.5) is 0 Å². The molecule has 1 aromatic carbocycles. The molecule has 76 valence electrons.